The van der Waals surface area contributed by atoms with Crippen LogP contribution < -0.4 is 5.73 Å². The van der Waals surface area contributed by atoms with Crippen LogP contribution >= 0.6 is 0 Å². The molecule has 0 radical (unpaired) electrons. The zero-order valence-electron chi connectivity index (χ0n) is 9.74. The fourth-order valence-electron chi connectivity index (χ4n) is 2.12. The molecule has 0 heterocycles. The molecule has 0 bridgehead atoms. The van der Waals surface area contributed by atoms with Gasteiger partial charge in [0, 0.05) is 6.04 Å². The molecule has 1 aliphatic carbocycles. The molecule has 1 saturated carbocycles. The summed E-state index contributed by atoms with van der Waals surface area (Å²) in [6.45, 7) is 4.27. The maximum absolute atomic E-state index is 5.90. The van der Waals surface area contributed by atoms with Crippen molar-refractivity contribution in [1.29, 1.82) is 0 Å². The van der Waals surface area contributed by atoms with Gasteiger partial charge in [0.1, 0.15) is 0 Å². The maximum Gasteiger partial charge on any atom is 0.00766 e. The first-order valence-electron chi connectivity index (χ1n) is 6.04. The Morgan fingerprint density at radius 3 is 2.13 bits per heavy atom. The Balaban J connectivity index is 2.09. The van der Waals surface area contributed by atoms with Gasteiger partial charge in [-0.25, -0.2) is 0 Å². The Kier molecular flexibility index (Phi) is 3.11. The molecule has 1 nitrogen and oxygen atoms in total. The largest absolute Gasteiger partial charge is 0.327 e. The Morgan fingerprint density at radius 1 is 1.13 bits per heavy atom. The summed E-state index contributed by atoms with van der Waals surface area (Å²) in [4.78, 5) is 0. The minimum Gasteiger partial charge on any atom is -0.327 e. The van der Waals surface area contributed by atoms with Gasteiger partial charge in [-0.15, -0.1) is 0 Å². The van der Waals surface area contributed by atoms with Crippen LogP contribution in [0.1, 0.15) is 56.1 Å². The number of hydrogen-bond acceptors (Lipinski definition) is 1. The zero-order chi connectivity index (χ0) is 10.8. The fraction of sp³-hybridized carbons (Fsp3) is 0.571. The third-order valence-electron chi connectivity index (χ3n) is 3.83. The van der Waals surface area contributed by atoms with Crippen molar-refractivity contribution < 1.29 is 0 Å². The van der Waals surface area contributed by atoms with Gasteiger partial charge in [-0.3, -0.25) is 0 Å². The normalized spacial score (nSPS) is 20.7. The molecule has 2 rings (SSSR count). The third-order valence-corrected chi connectivity index (χ3v) is 3.83. The van der Waals surface area contributed by atoms with Crippen LogP contribution in [-0.2, 0) is 0 Å². The highest BCUT2D eigenvalue weighted by atomic mass is 14.6. The van der Waals surface area contributed by atoms with E-state index in [9.17, 15) is 0 Å². The molecule has 1 aromatic carbocycles. The van der Waals surface area contributed by atoms with Crippen molar-refractivity contribution in [3.05, 3.63) is 35.4 Å². The van der Waals surface area contributed by atoms with E-state index in [1.807, 2.05) is 0 Å². The molecule has 1 heteroatoms. The predicted octanol–water partition coefficient (Wildman–Crippen LogP) is 3.40. The molecule has 2 N–H and O–H groups in total. The van der Waals surface area contributed by atoms with E-state index in [1.54, 1.807) is 0 Å². The van der Waals surface area contributed by atoms with Gasteiger partial charge >= 0.3 is 0 Å². The lowest BCUT2D eigenvalue weighted by molar-refractivity contribution is 0.419. The monoisotopic (exact) mass is 203 g/mol. The van der Waals surface area contributed by atoms with Crippen molar-refractivity contribution in [3.63, 3.8) is 0 Å². The lowest BCUT2D eigenvalue weighted by atomic mass is 9.79. The number of nitrogens with two attached hydrogens (primary N) is 1. The molecule has 0 spiro atoms. The molecule has 0 saturated heterocycles. The van der Waals surface area contributed by atoms with Gasteiger partial charge in [0.2, 0.25) is 0 Å². The smallest absolute Gasteiger partial charge is 0.00766 e. The van der Waals surface area contributed by atoms with Crippen molar-refractivity contribution in [1.82, 2.24) is 0 Å². The van der Waals surface area contributed by atoms with E-state index in [0.717, 1.165) is 5.92 Å². The molecule has 2 unspecified atom stereocenters. The fourth-order valence-corrected chi connectivity index (χ4v) is 2.12. The summed E-state index contributed by atoms with van der Waals surface area (Å²) in [5, 5.41) is 0. The van der Waals surface area contributed by atoms with E-state index in [-0.39, 0.29) is 6.04 Å². The molecule has 1 aliphatic rings. The first kappa shape index (κ1) is 10.7. The number of benzene rings is 1. The summed E-state index contributed by atoms with van der Waals surface area (Å²) in [5.41, 5.74) is 8.79. The summed E-state index contributed by atoms with van der Waals surface area (Å²) in [6.07, 6.45) is 4.16. The van der Waals surface area contributed by atoms with Crippen LogP contribution in [0.2, 0.25) is 0 Å². The van der Waals surface area contributed by atoms with Crippen LogP contribution in [0, 0.1) is 0 Å². The Labute approximate surface area is 92.7 Å². The van der Waals surface area contributed by atoms with Gasteiger partial charge in [0.25, 0.3) is 0 Å². The lowest BCUT2D eigenvalue weighted by Crippen LogP contribution is -2.22. The van der Waals surface area contributed by atoms with Crippen molar-refractivity contribution in [2.45, 2.75) is 51.0 Å². The van der Waals surface area contributed by atoms with Crippen LogP contribution in [-0.4, -0.2) is 6.04 Å². The zero-order valence-corrected chi connectivity index (χ0v) is 9.74. The Morgan fingerprint density at radius 2 is 1.73 bits per heavy atom. The number of rotatable bonds is 3. The van der Waals surface area contributed by atoms with Gasteiger partial charge in [-0.1, -0.05) is 37.6 Å². The SMILES string of the molecule is CC(N)C(C)c1ccc(C2CCC2)cc1. The van der Waals surface area contributed by atoms with Crippen molar-refractivity contribution in [2.24, 2.45) is 5.73 Å². The second-order valence-electron chi connectivity index (χ2n) is 4.94. The average Bonchev–Trinajstić information content (AvgIpc) is 2.15. The molecule has 2 atom stereocenters. The van der Waals surface area contributed by atoms with E-state index in [1.165, 1.54) is 30.4 Å². The van der Waals surface area contributed by atoms with E-state index in [4.69, 9.17) is 5.73 Å². The van der Waals surface area contributed by atoms with Gasteiger partial charge in [0.05, 0.1) is 0 Å². The highest BCUT2D eigenvalue weighted by molar-refractivity contribution is 5.29. The first-order valence-corrected chi connectivity index (χ1v) is 6.04. The number of hydrogen-bond donors (Lipinski definition) is 1. The molecule has 1 aromatic rings. The minimum absolute atomic E-state index is 0.236. The molecule has 1 fully saturated rings. The quantitative estimate of drug-likeness (QED) is 0.800. The molecule has 82 valence electrons. The first-order chi connectivity index (χ1) is 7.18. The Hall–Kier alpha value is -0.820. The average molecular weight is 203 g/mol. The molecular formula is C14H21N. The third kappa shape index (κ3) is 2.23. The summed E-state index contributed by atoms with van der Waals surface area (Å²) in [6, 6.07) is 9.32. The molecule has 15 heavy (non-hydrogen) atoms. The van der Waals surface area contributed by atoms with E-state index in [0.29, 0.717) is 5.92 Å². The van der Waals surface area contributed by atoms with Crippen LogP contribution in [0.4, 0.5) is 0 Å². The van der Waals surface area contributed by atoms with Crippen LogP contribution in [0.5, 0.6) is 0 Å². The van der Waals surface area contributed by atoms with Crippen LogP contribution in [0.15, 0.2) is 24.3 Å². The summed E-state index contributed by atoms with van der Waals surface area (Å²) in [5.74, 6) is 1.30. The summed E-state index contributed by atoms with van der Waals surface area (Å²) in [7, 11) is 0. The summed E-state index contributed by atoms with van der Waals surface area (Å²) >= 11 is 0. The second kappa shape index (κ2) is 4.36. The maximum atomic E-state index is 5.90. The predicted molar refractivity (Wildman–Crippen MR) is 65.1 cm³/mol. The standard InChI is InChI=1S/C14H21N/c1-10(11(2)15)12-6-8-14(9-7-12)13-4-3-5-13/h6-11,13H,3-5,15H2,1-2H3. The second-order valence-corrected chi connectivity index (χ2v) is 4.94. The Bertz CT molecular complexity index is 309. The lowest BCUT2D eigenvalue weighted by Gasteiger charge is -2.26. The highest BCUT2D eigenvalue weighted by Gasteiger charge is 2.19. The molecule has 0 aromatic heterocycles. The van der Waals surface area contributed by atoms with Crippen molar-refractivity contribution in [2.75, 3.05) is 0 Å². The van der Waals surface area contributed by atoms with Crippen molar-refractivity contribution >= 4 is 0 Å². The van der Waals surface area contributed by atoms with E-state index in [2.05, 4.69) is 38.1 Å². The molecule has 0 aliphatic heterocycles. The molecule has 0 amide bonds. The topological polar surface area (TPSA) is 26.0 Å². The minimum atomic E-state index is 0.236. The van der Waals surface area contributed by atoms with E-state index < -0.39 is 0 Å². The van der Waals surface area contributed by atoms with Gasteiger partial charge in [0.15, 0.2) is 0 Å². The highest BCUT2D eigenvalue weighted by Crippen LogP contribution is 2.36. The summed E-state index contributed by atoms with van der Waals surface area (Å²) < 4.78 is 0. The van der Waals surface area contributed by atoms with Gasteiger partial charge < -0.3 is 5.73 Å². The van der Waals surface area contributed by atoms with Crippen molar-refractivity contribution in [3.8, 4) is 0 Å². The van der Waals surface area contributed by atoms with Crippen LogP contribution in [0.3, 0.4) is 0 Å². The van der Waals surface area contributed by atoms with Crippen LogP contribution in [0.25, 0.3) is 0 Å². The van der Waals surface area contributed by atoms with Gasteiger partial charge in [-0.05, 0) is 42.7 Å². The van der Waals surface area contributed by atoms with Gasteiger partial charge in [-0.2, -0.15) is 0 Å². The van der Waals surface area contributed by atoms with E-state index >= 15 is 0 Å². The molecular weight excluding hydrogens is 182 g/mol.